The van der Waals surface area contributed by atoms with Crippen LogP contribution in [-0.2, 0) is 20.9 Å². The average molecular weight is 368 g/mol. The lowest BCUT2D eigenvalue weighted by Crippen LogP contribution is -2.47. The number of furan rings is 1. The van der Waals surface area contributed by atoms with Gasteiger partial charge in [-0.15, -0.1) is 0 Å². The molecule has 1 aliphatic rings. The highest BCUT2D eigenvalue weighted by Crippen LogP contribution is 2.33. The number of nitrogens with zero attached hydrogens (tertiary/aromatic N) is 2. The van der Waals surface area contributed by atoms with Gasteiger partial charge in [0, 0.05) is 13.0 Å². The molecule has 27 heavy (non-hydrogen) atoms. The van der Waals surface area contributed by atoms with E-state index in [1.165, 1.54) is 18.1 Å². The zero-order valence-corrected chi connectivity index (χ0v) is 14.5. The zero-order chi connectivity index (χ0) is 18.8. The summed E-state index contributed by atoms with van der Waals surface area (Å²) in [6.07, 6.45) is 0.608. The number of esters is 1. The first kappa shape index (κ1) is 16.9. The molecule has 0 spiro atoms. The maximum atomic E-state index is 12.4. The van der Waals surface area contributed by atoms with Gasteiger partial charge in [-0.1, -0.05) is 17.3 Å². The summed E-state index contributed by atoms with van der Waals surface area (Å²) in [4.78, 5) is 25.8. The molecule has 3 heterocycles. The number of rotatable bonds is 4. The first-order valence-corrected chi connectivity index (χ1v) is 8.31. The van der Waals surface area contributed by atoms with Crippen LogP contribution in [-0.4, -0.2) is 29.7 Å². The van der Waals surface area contributed by atoms with E-state index in [2.05, 4.69) is 5.16 Å². The number of carbonyl (C=O) groups is 2. The number of fused-ring (bicyclic) bond motifs is 1. The summed E-state index contributed by atoms with van der Waals surface area (Å²) < 4.78 is 21.4. The van der Waals surface area contributed by atoms with Gasteiger partial charge in [-0.2, -0.15) is 0 Å². The van der Waals surface area contributed by atoms with Crippen LogP contribution in [0.1, 0.15) is 12.6 Å². The van der Waals surface area contributed by atoms with Crippen molar-refractivity contribution in [3.05, 3.63) is 54.4 Å². The molecule has 8 nitrogen and oxygen atoms in total. The highest BCUT2D eigenvalue weighted by atomic mass is 16.6. The quantitative estimate of drug-likeness (QED) is 0.654. The first-order valence-electron chi connectivity index (χ1n) is 8.31. The lowest BCUT2D eigenvalue weighted by molar-refractivity contribution is -0.153. The molecule has 138 valence electrons. The Morgan fingerprint density at radius 2 is 2.07 bits per heavy atom. The summed E-state index contributed by atoms with van der Waals surface area (Å²) in [5.41, 5.74) is 1.07. The van der Waals surface area contributed by atoms with Gasteiger partial charge in [0.15, 0.2) is 5.76 Å². The van der Waals surface area contributed by atoms with Gasteiger partial charge >= 0.3 is 5.97 Å². The van der Waals surface area contributed by atoms with Crippen LogP contribution in [0, 0.1) is 0 Å². The largest absolute Gasteiger partial charge is 0.475 e. The van der Waals surface area contributed by atoms with Crippen molar-refractivity contribution in [2.24, 2.45) is 0 Å². The number of hydrogen-bond donors (Lipinski definition) is 0. The van der Waals surface area contributed by atoms with E-state index in [4.69, 9.17) is 18.4 Å². The van der Waals surface area contributed by atoms with Gasteiger partial charge in [-0.25, -0.2) is 4.79 Å². The Bertz CT molecular complexity index is 962. The third kappa shape index (κ3) is 3.41. The molecule has 3 aromatic rings. The molecule has 0 unspecified atom stereocenters. The monoisotopic (exact) mass is 368 g/mol. The second kappa shape index (κ2) is 6.99. The minimum atomic E-state index is -0.916. The molecule has 8 heteroatoms. The van der Waals surface area contributed by atoms with E-state index in [1.807, 2.05) is 0 Å². The lowest BCUT2D eigenvalue weighted by atomic mass is 10.2. The Labute approximate surface area is 154 Å². The van der Waals surface area contributed by atoms with Crippen molar-refractivity contribution in [1.29, 1.82) is 0 Å². The van der Waals surface area contributed by atoms with Gasteiger partial charge in [0.1, 0.15) is 18.1 Å². The van der Waals surface area contributed by atoms with Crippen LogP contribution < -0.4 is 9.64 Å². The summed E-state index contributed by atoms with van der Waals surface area (Å²) >= 11 is 0. The number of aromatic nitrogens is 1. The van der Waals surface area contributed by atoms with E-state index in [-0.39, 0.29) is 19.1 Å². The maximum Gasteiger partial charge on any atom is 0.349 e. The van der Waals surface area contributed by atoms with Gasteiger partial charge in [0.25, 0.3) is 0 Å². The molecule has 1 atom stereocenters. The van der Waals surface area contributed by atoms with Gasteiger partial charge in [-0.3, -0.25) is 4.79 Å². The molecule has 0 saturated carbocycles. The molecule has 0 fully saturated rings. The molecule has 1 aromatic carbocycles. The highest BCUT2D eigenvalue weighted by Gasteiger charge is 2.33. The van der Waals surface area contributed by atoms with Crippen molar-refractivity contribution in [2.75, 3.05) is 11.4 Å². The molecule has 1 aliphatic heterocycles. The standard InChI is InChI=1S/C19H16N2O6/c1-12(22)21-10-18(26-15-6-3-2-5-14(15)21)19(23)25-11-13-9-17(27-20-13)16-7-4-8-24-16/h2-9,18H,10-11H2,1H3/t18-/m0/s1. The van der Waals surface area contributed by atoms with Crippen molar-refractivity contribution >= 4 is 17.6 Å². The predicted molar refractivity (Wildman–Crippen MR) is 92.9 cm³/mol. The fourth-order valence-corrected chi connectivity index (χ4v) is 2.81. The highest BCUT2D eigenvalue weighted by molar-refractivity contribution is 5.95. The first-order chi connectivity index (χ1) is 13.1. The Kier molecular flexibility index (Phi) is 4.37. The molecule has 0 saturated heterocycles. The minimum absolute atomic E-state index is 0.0787. The summed E-state index contributed by atoms with van der Waals surface area (Å²) in [7, 11) is 0. The van der Waals surface area contributed by atoms with Crippen LogP contribution >= 0.6 is 0 Å². The number of carbonyl (C=O) groups excluding carboxylic acids is 2. The second-order valence-electron chi connectivity index (χ2n) is 5.97. The predicted octanol–water partition coefficient (Wildman–Crippen LogP) is 2.79. The normalized spacial score (nSPS) is 15.7. The Morgan fingerprint density at radius 1 is 1.22 bits per heavy atom. The Balaban J connectivity index is 1.42. The third-order valence-electron chi connectivity index (χ3n) is 4.10. The Morgan fingerprint density at radius 3 is 2.85 bits per heavy atom. The number of hydrogen-bond acceptors (Lipinski definition) is 7. The van der Waals surface area contributed by atoms with Crippen LogP contribution in [0.5, 0.6) is 5.75 Å². The van der Waals surface area contributed by atoms with Crippen LogP contribution in [0.4, 0.5) is 5.69 Å². The molecule has 1 amide bonds. The third-order valence-corrected chi connectivity index (χ3v) is 4.10. The lowest BCUT2D eigenvalue weighted by Gasteiger charge is -2.33. The number of anilines is 1. The summed E-state index contributed by atoms with van der Waals surface area (Å²) in [5.74, 6) is 0.671. The topological polar surface area (TPSA) is 95.0 Å². The number of amides is 1. The van der Waals surface area contributed by atoms with Crippen LogP contribution in [0.25, 0.3) is 11.5 Å². The van der Waals surface area contributed by atoms with Gasteiger partial charge < -0.3 is 23.3 Å². The average Bonchev–Trinajstić information content (AvgIpc) is 3.36. The summed E-state index contributed by atoms with van der Waals surface area (Å²) in [6, 6.07) is 12.2. The maximum absolute atomic E-state index is 12.4. The molecule has 0 radical (unpaired) electrons. The minimum Gasteiger partial charge on any atom is -0.475 e. The van der Waals surface area contributed by atoms with E-state index in [0.717, 1.165) is 0 Å². The summed E-state index contributed by atoms with van der Waals surface area (Å²) in [6.45, 7) is 1.45. The van der Waals surface area contributed by atoms with Gasteiger partial charge in [0.05, 0.1) is 18.5 Å². The SMILES string of the molecule is CC(=O)N1C[C@@H](C(=O)OCc2cc(-c3ccco3)on2)Oc2ccccc21. The van der Waals surface area contributed by atoms with Gasteiger partial charge in [-0.05, 0) is 24.3 Å². The molecule has 2 aromatic heterocycles. The number of benzene rings is 1. The van der Waals surface area contributed by atoms with Crippen molar-refractivity contribution in [1.82, 2.24) is 5.16 Å². The number of para-hydroxylation sites is 2. The molecular weight excluding hydrogens is 352 g/mol. The van der Waals surface area contributed by atoms with E-state index < -0.39 is 12.1 Å². The van der Waals surface area contributed by atoms with Crippen molar-refractivity contribution in [3.63, 3.8) is 0 Å². The van der Waals surface area contributed by atoms with Gasteiger partial charge in [0.2, 0.25) is 17.8 Å². The second-order valence-corrected chi connectivity index (χ2v) is 5.97. The molecule has 0 aliphatic carbocycles. The van der Waals surface area contributed by atoms with E-state index in [9.17, 15) is 9.59 Å². The fraction of sp³-hybridized carbons (Fsp3) is 0.211. The van der Waals surface area contributed by atoms with Crippen molar-refractivity contribution < 1.29 is 28.0 Å². The molecule has 4 rings (SSSR count). The molecule has 0 N–H and O–H groups in total. The van der Waals surface area contributed by atoms with Crippen LogP contribution in [0.15, 0.2) is 57.7 Å². The number of ether oxygens (including phenoxy) is 2. The molecular formula is C19H16N2O6. The Hall–Kier alpha value is -3.55. The summed E-state index contributed by atoms with van der Waals surface area (Å²) in [5, 5.41) is 3.85. The fourth-order valence-electron chi connectivity index (χ4n) is 2.81. The van der Waals surface area contributed by atoms with E-state index in [0.29, 0.717) is 28.7 Å². The van der Waals surface area contributed by atoms with Crippen molar-refractivity contribution in [3.8, 4) is 17.3 Å². The smallest absolute Gasteiger partial charge is 0.349 e. The van der Waals surface area contributed by atoms with E-state index in [1.54, 1.807) is 42.5 Å². The van der Waals surface area contributed by atoms with Crippen LogP contribution in [0.3, 0.4) is 0 Å². The van der Waals surface area contributed by atoms with E-state index >= 15 is 0 Å². The zero-order valence-electron chi connectivity index (χ0n) is 14.5. The van der Waals surface area contributed by atoms with Crippen molar-refractivity contribution in [2.45, 2.75) is 19.6 Å². The van der Waals surface area contributed by atoms with Crippen LogP contribution in [0.2, 0.25) is 0 Å². The molecule has 0 bridgehead atoms.